The van der Waals surface area contributed by atoms with Crippen LogP contribution in [0.15, 0.2) is 18.3 Å². The highest BCUT2D eigenvalue weighted by Gasteiger charge is 2.36. The van der Waals surface area contributed by atoms with Crippen LogP contribution in [0.1, 0.15) is 18.4 Å². The minimum Gasteiger partial charge on any atom is -0.245 e. The van der Waals surface area contributed by atoms with Gasteiger partial charge in [0.1, 0.15) is 5.15 Å². The highest BCUT2D eigenvalue weighted by atomic mass is 35.5. The summed E-state index contributed by atoms with van der Waals surface area (Å²) >= 11 is 5.46. The minimum absolute atomic E-state index is 0.0774. The van der Waals surface area contributed by atoms with E-state index in [9.17, 15) is 13.2 Å². The SMILES string of the molecule is C[C@H](c1ccnc(Cl)c1)C(F)(F)F. The predicted molar refractivity (Wildman–Crippen MR) is 43.7 cm³/mol. The van der Waals surface area contributed by atoms with Crippen LogP contribution in [0.5, 0.6) is 0 Å². The van der Waals surface area contributed by atoms with Crippen molar-refractivity contribution in [3.63, 3.8) is 0 Å². The van der Waals surface area contributed by atoms with Gasteiger partial charge in [-0.25, -0.2) is 4.98 Å². The van der Waals surface area contributed by atoms with E-state index in [1.165, 1.54) is 18.3 Å². The third kappa shape index (κ3) is 2.59. The summed E-state index contributed by atoms with van der Waals surface area (Å²) in [6, 6.07) is 2.53. The van der Waals surface area contributed by atoms with Gasteiger partial charge in [0.05, 0.1) is 5.92 Å². The Kier molecular flexibility index (Phi) is 2.81. The summed E-state index contributed by atoms with van der Waals surface area (Å²) in [6.45, 7) is 1.09. The van der Waals surface area contributed by atoms with Crippen molar-refractivity contribution in [2.45, 2.75) is 19.0 Å². The lowest BCUT2D eigenvalue weighted by atomic mass is 10.0. The molecule has 0 radical (unpaired) electrons. The smallest absolute Gasteiger partial charge is 0.245 e. The van der Waals surface area contributed by atoms with Crippen molar-refractivity contribution < 1.29 is 13.2 Å². The van der Waals surface area contributed by atoms with E-state index in [4.69, 9.17) is 11.6 Å². The van der Waals surface area contributed by atoms with Gasteiger partial charge in [0.25, 0.3) is 0 Å². The molecule has 0 saturated heterocycles. The first-order valence-electron chi connectivity index (χ1n) is 3.59. The number of pyridine rings is 1. The van der Waals surface area contributed by atoms with Gasteiger partial charge < -0.3 is 0 Å². The molecule has 0 spiro atoms. The zero-order valence-corrected chi connectivity index (χ0v) is 7.52. The van der Waals surface area contributed by atoms with Crippen molar-refractivity contribution in [2.24, 2.45) is 0 Å². The Bertz CT molecular complexity index is 298. The number of halogens is 4. The van der Waals surface area contributed by atoms with Gasteiger partial charge in [-0.1, -0.05) is 11.6 Å². The maximum absolute atomic E-state index is 12.2. The molecule has 5 heteroatoms. The molecule has 0 aliphatic carbocycles. The normalized spacial score (nSPS) is 14.2. The van der Waals surface area contributed by atoms with Gasteiger partial charge in [0.15, 0.2) is 0 Å². The van der Waals surface area contributed by atoms with Crippen molar-refractivity contribution in [2.75, 3.05) is 0 Å². The molecule has 0 saturated carbocycles. The summed E-state index contributed by atoms with van der Waals surface area (Å²) in [5.74, 6) is -1.51. The topological polar surface area (TPSA) is 12.9 Å². The van der Waals surface area contributed by atoms with Gasteiger partial charge in [0.2, 0.25) is 0 Å². The molecule has 0 N–H and O–H groups in total. The number of rotatable bonds is 1. The molecule has 0 bridgehead atoms. The molecule has 72 valence electrons. The fraction of sp³-hybridized carbons (Fsp3) is 0.375. The summed E-state index contributed by atoms with van der Waals surface area (Å²) in [6.07, 6.45) is -2.97. The molecule has 0 unspecified atom stereocenters. The Morgan fingerprint density at radius 2 is 2.08 bits per heavy atom. The summed E-state index contributed by atoms with van der Waals surface area (Å²) in [4.78, 5) is 3.60. The van der Waals surface area contributed by atoms with Crippen LogP contribution in [0.3, 0.4) is 0 Å². The molecule has 1 heterocycles. The molecule has 0 aromatic carbocycles. The van der Waals surface area contributed by atoms with Crippen molar-refractivity contribution in [1.29, 1.82) is 0 Å². The van der Waals surface area contributed by atoms with E-state index < -0.39 is 12.1 Å². The first kappa shape index (κ1) is 10.3. The van der Waals surface area contributed by atoms with Gasteiger partial charge in [-0.3, -0.25) is 0 Å². The van der Waals surface area contributed by atoms with E-state index in [0.29, 0.717) is 0 Å². The van der Waals surface area contributed by atoms with E-state index in [0.717, 1.165) is 6.92 Å². The van der Waals surface area contributed by atoms with E-state index in [2.05, 4.69) is 4.98 Å². The van der Waals surface area contributed by atoms with Crippen molar-refractivity contribution in [3.05, 3.63) is 29.0 Å². The third-order valence-corrected chi connectivity index (χ3v) is 1.95. The zero-order chi connectivity index (χ0) is 10.1. The van der Waals surface area contributed by atoms with Gasteiger partial charge >= 0.3 is 6.18 Å². The van der Waals surface area contributed by atoms with E-state index in [-0.39, 0.29) is 10.7 Å². The Hall–Kier alpha value is -0.770. The number of aromatic nitrogens is 1. The lowest BCUT2D eigenvalue weighted by Gasteiger charge is -2.15. The average Bonchev–Trinajstić information content (AvgIpc) is 2.01. The molecule has 1 aromatic rings. The van der Waals surface area contributed by atoms with E-state index >= 15 is 0 Å². The second-order valence-corrected chi connectivity index (χ2v) is 3.06. The molecule has 0 aliphatic rings. The van der Waals surface area contributed by atoms with Crippen molar-refractivity contribution >= 4 is 11.6 Å². The molecular weight excluding hydrogens is 203 g/mol. The number of hydrogen-bond acceptors (Lipinski definition) is 1. The van der Waals surface area contributed by atoms with Crippen LogP contribution in [-0.4, -0.2) is 11.2 Å². The Balaban J connectivity index is 2.96. The quantitative estimate of drug-likeness (QED) is 0.646. The summed E-state index contributed by atoms with van der Waals surface area (Å²) in [5, 5.41) is 0.0774. The third-order valence-electron chi connectivity index (χ3n) is 1.74. The monoisotopic (exact) mass is 209 g/mol. The lowest BCUT2D eigenvalue weighted by molar-refractivity contribution is -0.146. The van der Waals surface area contributed by atoms with Crippen LogP contribution < -0.4 is 0 Å². The highest BCUT2D eigenvalue weighted by molar-refractivity contribution is 6.29. The maximum Gasteiger partial charge on any atom is 0.395 e. The number of hydrogen-bond donors (Lipinski definition) is 0. The van der Waals surface area contributed by atoms with Crippen molar-refractivity contribution in [3.8, 4) is 0 Å². The fourth-order valence-electron chi connectivity index (χ4n) is 0.876. The second-order valence-electron chi connectivity index (χ2n) is 2.68. The standard InChI is InChI=1S/C8H7ClF3N/c1-5(8(10,11)12)6-2-3-13-7(9)4-6/h2-5H,1H3/t5-/m1/s1. The van der Waals surface area contributed by atoms with Gasteiger partial charge in [-0.2, -0.15) is 13.2 Å². The van der Waals surface area contributed by atoms with E-state index in [1.807, 2.05) is 0 Å². The molecule has 0 amide bonds. The van der Waals surface area contributed by atoms with Crippen LogP contribution in [0.2, 0.25) is 5.15 Å². The number of alkyl halides is 3. The molecule has 0 aliphatic heterocycles. The van der Waals surface area contributed by atoms with E-state index in [1.54, 1.807) is 0 Å². The van der Waals surface area contributed by atoms with Crippen LogP contribution >= 0.6 is 11.6 Å². The van der Waals surface area contributed by atoms with Crippen LogP contribution in [0.4, 0.5) is 13.2 Å². The second kappa shape index (κ2) is 3.54. The number of nitrogens with zero attached hydrogens (tertiary/aromatic N) is 1. The highest BCUT2D eigenvalue weighted by Crippen LogP contribution is 2.34. The lowest BCUT2D eigenvalue weighted by Crippen LogP contribution is -2.17. The molecule has 1 aromatic heterocycles. The van der Waals surface area contributed by atoms with Gasteiger partial charge in [-0.15, -0.1) is 0 Å². The Morgan fingerprint density at radius 3 is 2.54 bits per heavy atom. The zero-order valence-electron chi connectivity index (χ0n) is 6.77. The van der Waals surface area contributed by atoms with Crippen LogP contribution in [0, 0.1) is 0 Å². The molecule has 13 heavy (non-hydrogen) atoms. The average molecular weight is 210 g/mol. The summed E-state index contributed by atoms with van der Waals surface area (Å²) in [7, 11) is 0. The van der Waals surface area contributed by atoms with Crippen molar-refractivity contribution in [1.82, 2.24) is 4.98 Å². The van der Waals surface area contributed by atoms with Gasteiger partial charge in [-0.05, 0) is 24.6 Å². The fourth-order valence-corrected chi connectivity index (χ4v) is 1.06. The first-order valence-corrected chi connectivity index (χ1v) is 3.97. The minimum atomic E-state index is -4.23. The molecular formula is C8H7ClF3N. The summed E-state index contributed by atoms with van der Waals surface area (Å²) < 4.78 is 36.6. The largest absolute Gasteiger partial charge is 0.395 e. The first-order chi connectivity index (χ1) is 5.91. The maximum atomic E-state index is 12.2. The van der Waals surface area contributed by atoms with Crippen LogP contribution in [0.25, 0.3) is 0 Å². The van der Waals surface area contributed by atoms with Crippen LogP contribution in [-0.2, 0) is 0 Å². The Labute approximate surface area is 78.5 Å². The molecule has 1 atom stereocenters. The molecule has 1 nitrogen and oxygen atoms in total. The Morgan fingerprint density at radius 1 is 1.46 bits per heavy atom. The van der Waals surface area contributed by atoms with Gasteiger partial charge in [0, 0.05) is 6.20 Å². The predicted octanol–water partition coefficient (Wildman–Crippen LogP) is 3.40. The molecule has 1 rings (SSSR count). The summed E-state index contributed by atoms with van der Waals surface area (Å²) in [5.41, 5.74) is 0.132. The molecule has 0 fully saturated rings.